The lowest BCUT2D eigenvalue weighted by molar-refractivity contribution is -0.122. The van der Waals surface area contributed by atoms with Gasteiger partial charge in [0.15, 0.2) is 6.10 Å². The van der Waals surface area contributed by atoms with Gasteiger partial charge in [-0.1, -0.05) is 11.6 Å². The van der Waals surface area contributed by atoms with Crippen molar-refractivity contribution in [1.82, 2.24) is 0 Å². The van der Waals surface area contributed by atoms with E-state index in [2.05, 4.69) is 10.0 Å². The van der Waals surface area contributed by atoms with E-state index in [0.29, 0.717) is 16.5 Å². The van der Waals surface area contributed by atoms with Crippen molar-refractivity contribution in [3.8, 4) is 17.2 Å². The number of rotatable bonds is 8. The molecule has 0 saturated heterocycles. The number of benzene rings is 3. The van der Waals surface area contributed by atoms with Gasteiger partial charge in [0.25, 0.3) is 15.9 Å². The predicted octanol–water partition coefficient (Wildman–Crippen LogP) is 3.32. The van der Waals surface area contributed by atoms with E-state index in [1.54, 1.807) is 12.1 Å². The van der Waals surface area contributed by atoms with Crippen LogP contribution in [0.15, 0.2) is 65.6 Å². The minimum Gasteiger partial charge on any atom is -0.497 e. The second-order valence-electron chi connectivity index (χ2n) is 8.20. The molecule has 2 N–H and O–H groups in total. The van der Waals surface area contributed by atoms with Crippen LogP contribution in [0.25, 0.3) is 0 Å². The van der Waals surface area contributed by atoms with Gasteiger partial charge in [0.2, 0.25) is 10.0 Å². The summed E-state index contributed by atoms with van der Waals surface area (Å²) in [5.41, 5.74) is 0.707. The van der Waals surface area contributed by atoms with Crippen molar-refractivity contribution in [2.24, 2.45) is 0 Å². The van der Waals surface area contributed by atoms with Crippen molar-refractivity contribution in [1.29, 1.82) is 0 Å². The van der Waals surface area contributed by atoms with Crippen LogP contribution in [0.1, 0.15) is 0 Å². The number of sulfonamides is 2. The molecule has 11 nitrogen and oxygen atoms in total. The standard InChI is InChI=1S/C24H24ClN3O8S2/c1-34-17-7-11-21(35-2)19(13-17)27-38(32,33)18-8-5-16(6-9-18)26-24(29)23-14-28(37(3,30)31)20-12-15(25)4-10-22(20)36-23/h4-13,23,27H,14H2,1-3H3,(H,26,29)/t23-/m1/s1. The third-order valence-electron chi connectivity index (χ3n) is 5.57. The van der Waals surface area contributed by atoms with E-state index in [4.69, 9.17) is 25.8 Å². The summed E-state index contributed by atoms with van der Waals surface area (Å²) >= 11 is 6.00. The molecule has 0 aromatic heterocycles. The van der Waals surface area contributed by atoms with E-state index >= 15 is 0 Å². The van der Waals surface area contributed by atoms with Crippen LogP contribution in [0.2, 0.25) is 5.02 Å². The highest BCUT2D eigenvalue weighted by atomic mass is 35.5. The number of fused-ring (bicyclic) bond motifs is 1. The Hall–Kier alpha value is -3.68. The quantitative estimate of drug-likeness (QED) is 0.413. The summed E-state index contributed by atoms with van der Waals surface area (Å²) in [5, 5.41) is 2.94. The fourth-order valence-electron chi connectivity index (χ4n) is 3.71. The third-order valence-corrected chi connectivity index (χ3v) is 8.33. The van der Waals surface area contributed by atoms with Gasteiger partial charge in [-0.2, -0.15) is 0 Å². The zero-order chi connectivity index (χ0) is 27.7. The lowest BCUT2D eigenvalue weighted by atomic mass is 10.2. The molecule has 0 saturated carbocycles. The predicted molar refractivity (Wildman–Crippen MR) is 143 cm³/mol. The van der Waals surface area contributed by atoms with Crippen LogP contribution in [-0.2, 0) is 24.8 Å². The fraction of sp³-hybridized carbons (Fsp3) is 0.208. The van der Waals surface area contributed by atoms with Gasteiger partial charge >= 0.3 is 0 Å². The Balaban J connectivity index is 1.50. The minimum atomic E-state index is -4.00. The van der Waals surface area contributed by atoms with E-state index in [0.717, 1.165) is 10.6 Å². The summed E-state index contributed by atoms with van der Waals surface area (Å²) in [6.07, 6.45) is -0.143. The summed E-state index contributed by atoms with van der Waals surface area (Å²) in [7, 11) is -4.86. The number of nitrogens with one attached hydrogen (secondary N) is 2. The molecule has 38 heavy (non-hydrogen) atoms. The SMILES string of the molecule is COc1ccc(OC)c(NS(=O)(=O)c2ccc(NC(=O)[C@H]3CN(S(C)(=O)=O)c4cc(Cl)ccc4O3)cc2)c1. The maximum atomic E-state index is 12.9. The Labute approximate surface area is 225 Å². The normalized spacial score (nSPS) is 15.2. The van der Waals surface area contributed by atoms with Crippen LogP contribution < -0.4 is 28.6 Å². The van der Waals surface area contributed by atoms with Gasteiger partial charge in [0.05, 0.1) is 43.3 Å². The Morgan fingerprint density at radius 2 is 1.71 bits per heavy atom. The zero-order valence-corrected chi connectivity index (χ0v) is 22.9. The first kappa shape index (κ1) is 27.4. The van der Waals surface area contributed by atoms with E-state index in [-0.39, 0.29) is 34.3 Å². The van der Waals surface area contributed by atoms with Gasteiger partial charge in [0, 0.05) is 16.8 Å². The molecule has 3 aromatic carbocycles. The van der Waals surface area contributed by atoms with Gasteiger partial charge in [-0.25, -0.2) is 16.8 Å². The van der Waals surface area contributed by atoms with Crippen molar-refractivity contribution in [3.63, 3.8) is 0 Å². The Bertz CT molecular complexity index is 1580. The Kier molecular flexibility index (Phi) is 7.63. The molecule has 0 fully saturated rings. The zero-order valence-electron chi connectivity index (χ0n) is 20.5. The average Bonchev–Trinajstić information content (AvgIpc) is 2.87. The molecule has 1 heterocycles. The molecule has 0 unspecified atom stereocenters. The topological polar surface area (TPSA) is 140 Å². The summed E-state index contributed by atoms with van der Waals surface area (Å²) in [6.45, 7) is -0.267. The van der Waals surface area contributed by atoms with Crippen molar-refractivity contribution in [2.45, 2.75) is 11.0 Å². The summed E-state index contributed by atoms with van der Waals surface area (Å²) in [4.78, 5) is 12.9. The third kappa shape index (κ3) is 5.90. The summed E-state index contributed by atoms with van der Waals surface area (Å²) in [5.74, 6) is 0.310. The number of halogens is 1. The van der Waals surface area contributed by atoms with Gasteiger partial charge in [-0.3, -0.25) is 13.8 Å². The molecular formula is C24H24ClN3O8S2. The number of methoxy groups -OCH3 is 2. The average molecular weight is 582 g/mol. The van der Waals surface area contributed by atoms with Crippen LogP contribution >= 0.6 is 11.6 Å². The van der Waals surface area contributed by atoms with Gasteiger partial charge in [0.1, 0.15) is 17.2 Å². The number of hydrogen-bond acceptors (Lipinski definition) is 8. The molecule has 4 rings (SSSR count). The first-order valence-electron chi connectivity index (χ1n) is 11.0. The first-order chi connectivity index (χ1) is 17.9. The number of nitrogens with zero attached hydrogens (tertiary/aromatic N) is 1. The van der Waals surface area contributed by atoms with Gasteiger partial charge in [-0.05, 0) is 54.6 Å². The highest BCUT2D eigenvalue weighted by Gasteiger charge is 2.35. The number of carbonyl (C=O) groups excluding carboxylic acids is 1. The lowest BCUT2D eigenvalue weighted by Crippen LogP contribution is -2.48. The number of hydrogen-bond donors (Lipinski definition) is 2. The van der Waals surface area contributed by atoms with Crippen LogP contribution in [0, 0.1) is 0 Å². The van der Waals surface area contributed by atoms with Crippen molar-refractivity contribution >= 4 is 54.6 Å². The molecule has 1 aliphatic rings. The molecule has 202 valence electrons. The molecule has 1 amide bonds. The van der Waals surface area contributed by atoms with Crippen molar-refractivity contribution < 1.29 is 35.8 Å². The van der Waals surface area contributed by atoms with E-state index in [1.807, 2.05) is 0 Å². The molecule has 1 atom stereocenters. The number of anilines is 3. The molecule has 0 radical (unpaired) electrons. The van der Waals surface area contributed by atoms with Crippen LogP contribution in [0.5, 0.6) is 17.2 Å². The van der Waals surface area contributed by atoms with E-state index in [1.165, 1.54) is 62.8 Å². The number of amides is 1. The number of carbonyl (C=O) groups is 1. The van der Waals surface area contributed by atoms with Crippen LogP contribution in [0.3, 0.4) is 0 Å². The largest absolute Gasteiger partial charge is 0.497 e. The smallest absolute Gasteiger partial charge is 0.267 e. The molecule has 14 heteroatoms. The van der Waals surface area contributed by atoms with Crippen LogP contribution in [-0.4, -0.2) is 55.9 Å². The van der Waals surface area contributed by atoms with Crippen molar-refractivity contribution in [3.05, 3.63) is 65.7 Å². The highest BCUT2D eigenvalue weighted by molar-refractivity contribution is 7.92. The molecule has 3 aromatic rings. The fourth-order valence-corrected chi connectivity index (χ4v) is 5.85. The molecule has 1 aliphatic heterocycles. The highest BCUT2D eigenvalue weighted by Crippen LogP contribution is 2.37. The Morgan fingerprint density at radius 3 is 2.34 bits per heavy atom. The maximum absolute atomic E-state index is 12.9. The summed E-state index contributed by atoms with van der Waals surface area (Å²) in [6, 6.07) is 14.6. The first-order valence-corrected chi connectivity index (χ1v) is 14.7. The second kappa shape index (κ2) is 10.6. The van der Waals surface area contributed by atoms with Crippen LogP contribution in [0.4, 0.5) is 17.1 Å². The molecule has 0 aliphatic carbocycles. The Morgan fingerprint density at radius 1 is 1.00 bits per heavy atom. The second-order valence-corrected chi connectivity index (χ2v) is 12.2. The van der Waals surface area contributed by atoms with E-state index in [9.17, 15) is 21.6 Å². The van der Waals surface area contributed by atoms with Crippen molar-refractivity contribution in [2.75, 3.05) is 41.4 Å². The monoisotopic (exact) mass is 581 g/mol. The lowest BCUT2D eigenvalue weighted by Gasteiger charge is -2.34. The molecule has 0 bridgehead atoms. The van der Waals surface area contributed by atoms with E-state index < -0.39 is 32.1 Å². The maximum Gasteiger partial charge on any atom is 0.267 e. The number of ether oxygens (including phenoxy) is 3. The molecular weight excluding hydrogens is 558 g/mol. The van der Waals surface area contributed by atoms with Gasteiger partial charge in [-0.15, -0.1) is 0 Å². The van der Waals surface area contributed by atoms with Gasteiger partial charge < -0.3 is 19.5 Å². The molecule has 0 spiro atoms. The summed E-state index contributed by atoms with van der Waals surface area (Å²) < 4.78 is 70.2. The minimum absolute atomic E-state index is 0.0663.